The van der Waals surface area contributed by atoms with Gasteiger partial charge in [0.2, 0.25) is 0 Å². The lowest BCUT2D eigenvalue weighted by Gasteiger charge is -2.34. The normalized spacial score (nSPS) is 16.6. The fraction of sp³-hybridized carbons (Fsp3) is 0.286. The molecule has 3 heterocycles. The smallest absolute Gasteiger partial charge is 0.275 e. The van der Waals surface area contributed by atoms with Crippen molar-refractivity contribution >= 4 is 34.3 Å². The van der Waals surface area contributed by atoms with Crippen molar-refractivity contribution in [2.45, 2.75) is 25.8 Å². The third-order valence-electron chi connectivity index (χ3n) is 4.93. The molecule has 7 nitrogen and oxygen atoms in total. The van der Waals surface area contributed by atoms with Crippen LogP contribution in [0.2, 0.25) is 0 Å². The van der Waals surface area contributed by atoms with Crippen molar-refractivity contribution < 1.29 is 4.79 Å². The first-order chi connectivity index (χ1) is 14.0. The molecule has 1 atom stereocenters. The summed E-state index contributed by atoms with van der Waals surface area (Å²) < 4.78 is 0. The summed E-state index contributed by atoms with van der Waals surface area (Å²) in [5.41, 5.74) is 16.6. The standard InChI is InChI=1S/C21H24N6OS/c1-13-7-14(10-24-9-13)21-26-18(12-29-21)20(28)25-17-8-15(22)4-5-19(17)27-6-2-3-16(23)11-27/h4-5,7-10,12,16H,2-3,6,11,22-23H2,1H3,(H,25,28)/t16-/m1/s1. The molecule has 5 N–H and O–H groups in total. The highest BCUT2D eigenvalue weighted by Gasteiger charge is 2.21. The number of amides is 1. The molecule has 1 aliphatic heterocycles. The van der Waals surface area contributed by atoms with Gasteiger partial charge >= 0.3 is 0 Å². The number of nitrogens with two attached hydrogens (primary N) is 2. The fourth-order valence-electron chi connectivity index (χ4n) is 3.53. The summed E-state index contributed by atoms with van der Waals surface area (Å²) in [5.74, 6) is -0.263. The van der Waals surface area contributed by atoms with E-state index in [1.54, 1.807) is 23.8 Å². The number of nitrogens with one attached hydrogen (secondary N) is 1. The fourth-order valence-corrected chi connectivity index (χ4v) is 4.31. The highest BCUT2D eigenvalue weighted by atomic mass is 32.1. The van der Waals surface area contributed by atoms with Gasteiger partial charge in [0.05, 0.1) is 11.4 Å². The Morgan fingerprint density at radius 3 is 2.97 bits per heavy atom. The minimum atomic E-state index is -0.263. The number of nitrogen functional groups attached to an aromatic ring is 1. The number of piperidine rings is 1. The van der Waals surface area contributed by atoms with Crippen LogP contribution in [-0.4, -0.2) is 35.0 Å². The first kappa shape index (κ1) is 19.4. The zero-order valence-electron chi connectivity index (χ0n) is 16.3. The van der Waals surface area contributed by atoms with Gasteiger partial charge in [-0.2, -0.15) is 0 Å². The Hall–Kier alpha value is -2.97. The van der Waals surface area contributed by atoms with Crippen molar-refractivity contribution in [3.63, 3.8) is 0 Å². The van der Waals surface area contributed by atoms with Crippen molar-refractivity contribution in [2.24, 2.45) is 5.73 Å². The van der Waals surface area contributed by atoms with Gasteiger partial charge in [0, 0.05) is 48.2 Å². The molecule has 150 valence electrons. The molecule has 0 aliphatic carbocycles. The Bertz CT molecular complexity index is 1030. The van der Waals surface area contributed by atoms with Gasteiger partial charge in [0.15, 0.2) is 0 Å². The number of pyridine rings is 1. The Labute approximate surface area is 173 Å². The molecule has 29 heavy (non-hydrogen) atoms. The quantitative estimate of drug-likeness (QED) is 0.572. The Balaban J connectivity index is 1.56. The average Bonchev–Trinajstić information content (AvgIpc) is 3.18. The number of hydrogen-bond acceptors (Lipinski definition) is 7. The summed E-state index contributed by atoms with van der Waals surface area (Å²) >= 11 is 1.42. The summed E-state index contributed by atoms with van der Waals surface area (Å²) in [6.45, 7) is 3.64. The van der Waals surface area contributed by atoms with Crippen molar-refractivity contribution in [3.05, 3.63) is 53.3 Å². The molecule has 0 bridgehead atoms. The number of benzene rings is 1. The van der Waals surface area contributed by atoms with E-state index in [4.69, 9.17) is 11.5 Å². The lowest BCUT2D eigenvalue weighted by Crippen LogP contribution is -2.43. The number of carbonyl (C=O) groups is 1. The van der Waals surface area contributed by atoms with Gasteiger partial charge in [0.1, 0.15) is 10.7 Å². The first-order valence-electron chi connectivity index (χ1n) is 9.58. The topological polar surface area (TPSA) is 110 Å². The molecule has 4 rings (SSSR count). The summed E-state index contributed by atoms with van der Waals surface area (Å²) in [7, 11) is 0. The van der Waals surface area contributed by atoms with E-state index in [2.05, 4.69) is 20.2 Å². The molecule has 2 aromatic heterocycles. The molecule has 1 aliphatic rings. The second-order valence-electron chi connectivity index (χ2n) is 7.37. The van der Waals surface area contributed by atoms with Gasteiger partial charge in [0.25, 0.3) is 5.91 Å². The van der Waals surface area contributed by atoms with Gasteiger partial charge in [-0.25, -0.2) is 4.98 Å². The highest BCUT2D eigenvalue weighted by molar-refractivity contribution is 7.13. The number of thiazole rings is 1. The first-order valence-corrected chi connectivity index (χ1v) is 10.5. The molecular formula is C21H24N6OS. The van der Waals surface area contributed by atoms with E-state index < -0.39 is 0 Å². The monoisotopic (exact) mass is 408 g/mol. The highest BCUT2D eigenvalue weighted by Crippen LogP contribution is 2.31. The molecule has 3 aromatic rings. The number of hydrogen-bond donors (Lipinski definition) is 3. The maximum Gasteiger partial charge on any atom is 0.275 e. The number of aryl methyl sites for hydroxylation is 1. The van der Waals surface area contributed by atoms with Crippen molar-refractivity contribution in [1.82, 2.24) is 9.97 Å². The molecule has 0 spiro atoms. The lowest BCUT2D eigenvalue weighted by molar-refractivity contribution is 0.102. The van der Waals surface area contributed by atoms with Crippen LogP contribution in [0.15, 0.2) is 42.0 Å². The van der Waals surface area contributed by atoms with Crippen LogP contribution in [0.4, 0.5) is 17.1 Å². The maximum atomic E-state index is 12.9. The Morgan fingerprint density at radius 2 is 2.17 bits per heavy atom. The van der Waals surface area contributed by atoms with E-state index in [0.717, 1.165) is 47.8 Å². The van der Waals surface area contributed by atoms with Gasteiger partial charge in [-0.3, -0.25) is 9.78 Å². The van der Waals surface area contributed by atoms with Gasteiger partial charge in [-0.15, -0.1) is 11.3 Å². The van der Waals surface area contributed by atoms with Gasteiger partial charge < -0.3 is 21.7 Å². The molecule has 8 heteroatoms. The molecule has 1 amide bonds. The van der Waals surface area contributed by atoms with Crippen molar-refractivity contribution in [3.8, 4) is 10.6 Å². The zero-order valence-corrected chi connectivity index (χ0v) is 17.1. The predicted octanol–water partition coefficient (Wildman–Crippen LogP) is 3.28. The lowest BCUT2D eigenvalue weighted by atomic mass is 10.1. The number of carbonyl (C=O) groups excluding carboxylic acids is 1. The van der Waals surface area contributed by atoms with E-state index in [0.29, 0.717) is 17.1 Å². The van der Waals surface area contributed by atoms with E-state index in [-0.39, 0.29) is 11.9 Å². The number of anilines is 3. The second kappa shape index (κ2) is 8.18. The summed E-state index contributed by atoms with van der Waals surface area (Å²) in [6, 6.07) is 7.70. The number of aromatic nitrogens is 2. The molecule has 1 aromatic carbocycles. The van der Waals surface area contributed by atoms with Crippen LogP contribution in [0, 0.1) is 6.92 Å². The second-order valence-corrected chi connectivity index (χ2v) is 8.23. The molecule has 0 saturated carbocycles. The zero-order chi connectivity index (χ0) is 20.4. The summed E-state index contributed by atoms with van der Waals surface area (Å²) in [5, 5.41) is 5.51. The van der Waals surface area contributed by atoms with Crippen LogP contribution >= 0.6 is 11.3 Å². The third-order valence-corrected chi connectivity index (χ3v) is 5.82. The summed E-state index contributed by atoms with van der Waals surface area (Å²) in [4.78, 5) is 23.8. The average molecular weight is 409 g/mol. The molecule has 0 radical (unpaired) electrons. The van der Waals surface area contributed by atoms with E-state index in [9.17, 15) is 4.79 Å². The van der Waals surface area contributed by atoms with Crippen LogP contribution in [0.25, 0.3) is 10.6 Å². The van der Waals surface area contributed by atoms with Crippen LogP contribution < -0.4 is 21.7 Å². The maximum absolute atomic E-state index is 12.9. The van der Waals surface area contributed by atoms with Crippen LogP contribution in [0.3, 0.4) is 0 Å². The minimum Gasteiger partial charge on any atom is -0.399 e. The Kier molecular flexibility index (Phi) is 5.46. The van der Waals surface area contributed by atoms with Gasteiger partial charge in [-0.1, -0.05) is 0 Å². The molecule has 1 saturated heterocycles. The van der Waals surface area contributed by atoms with E-state index in [1.165, 1.54) is 11.3 Å². The summed E-state index contributed by atoms with van der Waals surface area (Å²) in [6.07, 6.45) is 5.59. The number of nitrogens with zero attached hydrogens (tertiary/aromatic N) is 3. The van der Waals surface area contributed by atoms with Crippen LogP contribution in [-0.2, 0) is 0 Å². The van der Waals surface area contributed by atoms with Gasteiger partial charge in [-0.05, 0) is 49.6 Å². The largest absolute Gasteiger partial charge is 0.399 e. The van der Waals surface area contributed by atoms with Crippen LogP contribution in [0.1, 0.15) is 28.9 Å². The SMILES string of the molecule is Cc1cncc(-c2nc(C(=O)Nc3cc(N)ccc3N3CCC[C@@H](N)C3)cs2)c1. The van der Waals surface area contributed by atoms with Crippen molar-refractivity contribution in [1.29, 1.82) is 0 Å². The van der Waals surface area contributed by atoms with E-state index >= 15 is 0 Å². The minimum absolute atomic E-state index is 0.133. The molecule has 1 fully saturated rings. The molecule has 0 unspecified atom stereocenters. The Morgan fingerprint density at radius 1 is 1.31 bits per heavy atom. The van der Waals surface area contributed by atoms with Crippen molar-refractivity contribution in [2.75, 3.05) is 29.0 Å². The third kappa shape index (κ3) is 4.38. The number of rotatable bonds is 4. The molecular weight excluding hydrogens is 384 g/mol. The predicted molar refractivity (Wildman–Crippen MR) is 118 cm³/mol. The van der Waals surface area contributed by atoms with Crippen LogP contribution in [0.5, 0.6) is 0 Å². The van der Waals surface area contributed by atoms with E-state index in [1.807, 2.05) is 25.1 Å².